The number of aliphatic hydroxyl groups is 1. The number of fused-ring (bicyclic) bond motifs is 4. The molecule has 37 heavy (non-hydrogen) atoms. The molecule has 0 bridgehead atoms. The van der Waals surface area contributed by atoms with E-state index in [9.17, 15) is 9.90 Å². The highest BCUT2D eigenvalue weighted by molar-refractivity contribution is 5.90. The molecule has 0 amide bonds. The predicted octanol–water partition coefficient (Wildman–Crippen LogP) is 4.61. The van der Waals surface area contributed by atoms with Gasteiger partial charge in [-0.15, -0.1) is 0 Å². The molecule has 1 heterocycles. The summed E-state index contributed by atoms with van der Waals surface area (Å²) in [4.78, 5) is 13.0. The lowest BCUT2D eigenvalue weighted by atomic mass is 9.73. The highest BCUT2D eigenvalue weighted by Crippen LogP contribution is 2.59. The lowest BCUT2D eigenvalue weighted by Gasteiger charge is -2.41. The second-order valence-electron chi connectivity index (χ2n) is 9.38. The van der Waals surface area contributed by atoms with Crippen molar-refractivity contribution in [3.05, 3.63) is 34.9 Å². The van der Waals surface area contributed by atoms with Crippen molar-refractivity contribution in [2.24, 2.45) is 5.92 Å². The zero-order valence-corrected chi connectivity index (χ0v) is 22.5. The third-order valence-electron chi connectivity index (χ3n) is 7.33. The Kier molecular flexibility index (Phi) is 7.19. The van der Waals surface area contributed by atoms with Gasteiger partial charge in [-0.3, -0.25) is 0 Å². The van der Waals surface area contributed by atoms with Crippen molar-refractivity contribution in [2.45, 2.75) is 45.8 Å². The molecule has 1 aliphatic carbocycles. The third-order valence-corrected chi connectivity index (χ3v) is 7.33. The van der Waals surface area contributed by atoms with Crippen molar-refractivity contribution >= 4 is 5.97 Å². The Morgan fingerprint density at radius 2 is 1.70 bits per heavy atom. The first-order valence-electron chi connectivity index (χ1n) is 12.0. The molecule has 200 valence electrons. The van der Waals surface area contributed by atoms with Crippen LogP contribution in [0.2, 0.25) is 0 Å². The van der Waals surface area contributed by atoms with E-state index in [2.05, 4.69) is 0 Å². The van der Waals surface area contributed by atoms with Gasteiger partial charge in [0.2, 0.25) is 18.3 Å². The number of esters is 1. The number of ether oxygens (including phenoxy) is 7. The second kappa shape index (κ2) is 10.0. The van der Waals surface area contributed by atoms with Gasteiger partial charge in [0.15, 0.2) is 29.1 Å². The van der Waals surface area contributed by atoms with Gasteiger partial charge in [-0.25, -0.2) is 4.79 Å². The average Bonchev–Trinajstić information content (AvgIpc) is 3.36. The van der Waals surface area contributed by atoms with Crippen molar-refractivity contribution in [2.75, 3.05) is 35.2 Å². The quantitative estimate of drug-likeness (QED) is 0.437. The molecule has 9 heteroatoms. The molecule has 0 aromatic heterocycles. The monoisotopic (exact) mass is 514 g/mol. The van der Waals surface area contributed by atoms with Crippen LogP contribution in [-0.4, -0.2) is 51.9 Å². The first kappa shape index (κ1) is 26.5. The van der Waals surface area contributed by atoms with Gasteiger partial charge < -0.3 is 38.3 Å². The van der Waals surface area contributed by atoms with Gasteiger partial charge in [-0.05, 0) is 50.8 Å². The Morgan fingerprint density at radius 3 is 2.30 bits per heavy atom. The molecule has 2 aromatic rings. The topological polar surface area (TPSA) is 102 Å². The van der Waals surface area contributed by atoms with Crippen LogP contribution in [0, 0.1) is 5.92 Å². The van der Waals surface area contributed by atoms with E-state index in [1.54, 1.807) is 40.0 Å². The maximum Gasteiger partial charge on any atom is 0.334 e. The molecule has 2 aromatic carbocycles. The summed E-state index contributed by atoms with van der Waals surface area (Å²) in [5, 5.41) is 12.0. The lowest BCUT2D eigenvalue weighted by molar-refractivity contribution is -0.166. The maximum absolute atomic E-state index is 13.0. The SMILES string of the molecule is CC=C(C)C(=O)O[C@@H]1c2cc(OC)c(OC)c(OC)c2-c2c(cc3c(c2OC)OCO3)C[C@H](C)[C@@]1(C)O. The standard InChI is InChI=1S/C28H34O9/c1-9-14(2)27(29)37-26-17-12-18(31-5)22(32-6)25(34-8)21(17)20-16(10-15(3)28(26,4)30)11-19-23(24(20)33-7)36-13-35-19/h9,11-12,15,26,30H,10,13H2,1-8H3/t15-,26+,28+/m0/s1. The van der Waals surface area contributed by atoms with E-state index in [4.69, 9.17) is 33.2 Å². The molecule has 0 radical (unpaired) electrons. The average molecular weight is 515 g/mol. The van der Waals surface area contributed by atoms with E-state index >= 15 is 0 Å². The molecular formula is C28H34O9. The lowest BCUT2D eigenvalue weighted by Crippen LogP contribution is -2.44. The number of rotatable bonds is 6. The van der Waals surface area contributed by atoms with Crippen molar-refractivity contribution in [3.63, 3.8) is 0 Å². The van der Waals surface area contributed by atoms with E-state index < -0.39 is 17.7 Å². The normalized spacial score (nSPS) is 22.2. The first-order valence-corrected chi connectivity index (χ1v) is 12.0. The molecule has 0 saturated carbocycles. The molecule has 9 nitrogen and oxygen atoms in total. The summed E-state index contributed by atoms with van der Waals surface area (Å²) in [5.74, 6) is 1.60. The molecule has 0 fully saturated rings. The van der Waals surface area contributed by atoms with Crippen LogP contribution < -0.4 is 28.4 Å². The van der Waals surface area contributed by atoms with E-state index in [0.29, 0.717) is 63.2 Å². The number of carbonyl (C=O) groups is 1. The fourth-order valence-electron chi connectivity index (χ4n) is 4.94. The largest absolute Gasteiger partial charge is 0.493 e. The van der Waals surface area contributed by atoms with Gasteiger partial charge in [0.25, 0.3) is 0 Å². The second-order valence-corrected chi connectivity index (χ2v) is 9.38. The summed E-state index contributed by atoms with van der Waals surface area (Å²) < 4.78 is 40.6. The zero-order valence-electron chi connectivity index (χ0n) is 22.5. The van der Waals surface area contributed by atoms with E-state index in [-0.39, 0.29) is 12.7 Å². The van der Waals surface area contributed by atoms with Gasteiger partial charge in [0.05, 0.1) is 28.4 Å². The fraction of sp³-hybridized carbons (Fsp3) is 0.464. The summed E-state index contributed by atoms with van der Waals surface area (Å²) >= 11 is 0. The summed E-state index contributed by atoms with van der Waals surface area (Å²) in [7, 11) is 6.08. The van der Waals surface area contributed by atoms with Gasteiger partial charge in [0, 0.05) is 22.3 Å². The highest BCUT2D eigenvalue weighted by atomic mass is 16.7. The van der Waals surface area contributed by atoms with E-state index in [0.717, 1.165) is 5.56 Å². The van der Waals surface area contributed by atoms with Crippen LogP contribution in [0.1, 0.15) is 44.9 Å². The molecule has 4 rings (SSSR count). The minimum absolute atomic E-state index is 0.0562. The van der Waals surface area contributed by atoms with Gasteiger partial charge in [-0.1, -0.05) is 13.0 Å². The van der Waals surface area contributed by atoms with Gasteiger partial charge >= 0.3 is 5.97 Å². The van der Waals surface area contributed by atoms with Crippen LogP contribution >= 0.6 is 0 Å². The first-order chi connectivity index (χ1) is 17.6. The minimum Gasteiger partial charge on any atom is -0.493 e. The smallest absolute Gasteiger partial charge is 0.334 e. The van der Waals surface area contributed by atoms with Crippen molar-refractivity contribution in [1.82, 2.24) is 0 Å². The van der Waals surface area contributed by atoms with Crippen molar-refractivity contribution in [1.29, 1.82) is 0 Å². The number of benzene rings is 2. The number of carbonyl (C=O) groups excluding carboxylic acids is 1. The third kappa shape index (κ3) is 4.21. The summed E-state index contributed by atoms with van der Waals surface area (Å²) in [6.07, 6.45) is 0.998. The molecule has 0 spiro atoms. The molecule has 0 unspecified atom stereocenters. The Morgan fingerprint density at radius 1 is 1.03 bits per heavy atom. The van der Waals surface area contributed by atoms with Crippen LogP contribution in [0.3, 0.4) is 0 Å². The molecule has 1 aliphatic heterocycles. The fourth-order valence-corrected chi connectivity index (χ4v) is 4.94. The molecule has 1 N–H and O–H groups in total. The van der Waals surface area contributed by atoms with Crippen LogP contribution in [0.4, 0.5) is 0 Å². The predicted molar refractivity (Wildman–Crippen MR) is 136 cm³/mol. The van der Waals surface area contributed by atoms with Gasteiger partial charge in [0.1, 0.15) is 5.60 Å². The summed E-state index contributed by atoms with van der Waals surface area (Å²) in [6, 6.07) is 3.60. The number of hydrogen-bond acceptors (Lipinski definition) is 9. The maximum atomic E-state index is 13.0. The van der Waals surface area contributed by atoms with Crippen molar-refractivity contribution in [3.8, 4) is 45.6 Å². The Hall–Kier alpha value is -3.59. The highest BCUT2D eigenvalue weighted by Gasteiger charge is 2.47. The van der Waals surface area contributed by atoms with Crippen LogP contribution in [-0.2, 0) is 16.0 Å². The number of hydrogen-bond donors (Lipinski definition) is 1. The van der Waals surface area contributed by atoms with Crippen LogP contribution in [0.25, 0.3) is 11.1 Å². The summed E-state index contributed by atoms with van der Waals surface area (Å²) in [5.41, 5.74) is 1.46. The van der Waals surface area contributed by atoms with Gasteiger partial charge in [-0.2, -0.15) is 0 Å². The van der Waals surface area contributed by atoms with Crippen molar-refractivity contribution < 1.29 is 43.1 Å². The molecule has 2 aliphatic rings. The van der Waals surface area contributed by atoms with E-state index in [1.165, 1.54) is 21.3 Å². The van der Waals surface area contributed by atoms with Crippen LogP contribution in [0.5, 0.6) is 34.5 Å². The minimum atomic E-state index is -1.48. The Balaban J connectivity index is 2.17. The number of allylic oxidation sites excluding steroid dienone is 1. The molecule has 0 saturated heterocycles. The number of methoxy groups -OCH3 is 4. The zero-order chi connectivity index (χ0) is 27.1. The Bertz CT molecular complexity index is 1250. The molecule has 3 atom stereocenters. The van der Waals surface area contributed by atoms with Crippen LogP contribution in [0.15, 0.2) is 23.8 Å². The molecular weight excluding hydrogens is 480 g/mol. The summed E-state index contributed by atoms with van der Waals surface area (Å²) in [6.45, 7) is 7.05. The van der Waals surface area contributed by atoms with E-state index in [1.807, 2.05) is 13.0 Å². The Labute approximate surface area is 216 Å².